The van der Waals surface area contributed by atoms with Crippen LogP contribution in [0.25, 0.3) is 0 Å². The highest BCUT2D eigenvalue weighted by molar-refractivity contribution is 5.68. The number of carbonyl (C=O) groups excluding carboxylic acids is 1. The van der Waals surface area contributed by atoms with Crippen molar-refractivity contribution >= 4 is 12.0 Å². The van der Waals surface area contributed by atoms with Gasteiger partial charge in [-0.2, -0.15) is 0 Å². The summed E-state index contributed by atoms with van der Waals surface area (Å²) in [7, 11) is 0. The lowest BCUT2D eigenvalue weighted by molar-refractivity contribution is 0.0503. The van der Waals surface area contributed by atoms with E-state index in [9.17, 15) is 14.0 Å². The first kappa shape index (κ1) is 21.8. The molecule has 2 N–H and O–H groups in total. The predicted molar refractivity (Wildman–Crippen MR) is 110 cm³/mol. The van der Waals surface area contributed by atoms with E-state index in [1.165, 1.54) is 18.2 Å². The molecule has 0 radical (unpaired) electrons. The van der Waals surface area contributed by atoms with Gasteiger partial charge < -0.3 is 19.7 Å². The van der Waals surface area contributed by atoms with E-state index in [4.69, 9.17) is 9.47 Å². The Bertz CT molecular complexity index is 918. The molecule has 162 valence electrons. The largest absolute Gasteiger partial charge is 0.444 e. The topological polar surface area (TPSA) is 96.5 Å². The fourth-order valence-electron chi connectivity index (χ4n) is 3.13. The highest BCUT2D eigenvalue weighted by Crippen LogP contribution is 2.20. The maximum absolute atomic E-state index is 13.4. The number of H-pyrrole nitrogens is 1. The number of amides is 1. The first-order chi connectivity index (χ1) is 14.2. The Hall–Kier alpha value is -2.94. The van der Waals surface area contributed by atoms with Crippen LogP contribution in [0.5, 0.6) is 0 Å². The summed E-state index contributed by atoms with van der Waals surface area (Å²) >= 11 is 0. The van der Waals surface area contributed by atoms with E-state index < -0.39 is 17.7 Å². The molecule has 9 heteroatoms. The van der Waals surface area contributed by atoms with Gasteiger partial charge in [-0.05, 0) is 38.5 Å². The van der Waals surface area contributed by atoms with Gasteiger partial charge in [-0.25, -0.2) is 14.2 Å². The summed E-state index contributed by atoms with van der Waals surface area (Å²) in [6.07, 6.45) is -0.360. The number of nitrogens with zero attached hydrogens (tertiary/aromatic N) is 2. The van der Waals surface area contributed by atoms with Crippen molar-refractivity contribution in [3.8, 4) is 0 Å². The smallest absolute Gasteiger partial charge is 0.408 e. The number of ether oxygens (including phenoxy) is 2. The number of aromatic amines is 1. The molecule has 1 unspecified atom stereocenters. The molecule has 8 nitrogen and oxygen atoms in total. The van der Waals surface area contributed by atoms with Crippen LogP contribution in [0.1, 0.15) is 38.1 Å². The van der Waals surface area contributed by atoms with Gasteiger partial charge >= 0.3 is 6.09 Å². The molecule has 1 aromatic carbocycles. The molecule has 1 aromatic heterocycles. The molecule has 30 heavy (non-hydrogen) atoms. The second-order valence-corrected chi connectivity index (χ2v) is 8.11. The van der Waals surface area contributed by atoms with Crippen molar-refractivity contribution in [1.82, 2.24) is 15.3 Å². The van der Waals surface area contributed by atoms with Crippen molar-refractivity contribution in [3.63, 3.8) is 0 Å². The highest BCUT2D eigenvalue weighted by atomic mass is 19.1. The minimum Gasteiger partial charge on any atom is -0.444 e. The number of benzene rings is 1. The van der Waals surface area contributed by atoms with Crippen LogP contribution in [0.2, 0.25) is 0 Å². The first-order valence-electron chi connectivity index (χ1n) is 9.87. The molecule has 1 aliphatic rings. The van der Waals surface area contributed by atoms with Crippen LogP contribution in [0, 0.1) is 5.82 Å². The van der Waals surface area contributed by atoms with Gasteiger partial charge in [-0.1, -0.05) is 12.1 Å². The number of halogens is 1. The zero-order valence-corrected chi connectivity index (χ0v) is 17.4. The van der Waals surface area contributed by atoms with E-state index in [0.717, 1.165) is 0 Å². The molecule has 0 aliphatic carbocycles. The van der Waals surface area contributed by atoms with Crippen molar-refractivity contribution in [3.05, 3.63) is 57.8 Å². The Morgan fingerprint density at radius 1 is 1.30 bits per heavy atom. The number of alkyl carbamates (subject to hydrolysis) is 1. The van der Waals surface area contributed by atoms with E-state index in [1.54, 1.807) is 32.9 Å². The normalized spacial score (nSPS) is 15.5. The van der Waals surface area contributed by atoms with Gasteiger partial charge in [0.05, 0.1) is 24.9 Å². The van der Waals surface area contributed by atoms with Crippen molar-refractivity contribution in [2.24, 2.45) is 0 Å². The number of hydrogen-bond acceptors (Lipinski definition) is 6. The Morgan fingerprint density at radius 3 is 2.60 bits per heavy atom. The van der Waals surface area contributed by atoms with Crippen molar-refractivity contribution in [2.45, 2.75) is 38.8 Å². The first-order valence-corrected chi connectivity index (χ1v) is 9.87. The standard InChI is InChI=1S/C21H27FN4O4/c1-21(2,3)30-20(28)24-17(14-4-6-15(22)7-5-14)12-16-13-18(27)25-19(23-16)26-8-10-29-11-9-26/h4-7,13,17H,8-12H2,1-3H3,(H,24,28)(H,23,25,27). The Kier molecular flexibility index (Phi) is 6.71. The molecule has 2 aromatic rings. The Morgan fingerprint density at radius 2 is 1.97 bits per heavy atom. The number of aromatic nitrogens is 2. The molecule has 2 heterocycles. The van der Waals surface area contributed by atoms with Crippen molar-refractivity contribution in [1.29, 1.82) is 0 Å². The SMILES string of the molecule is CC(C)(C)OC(=O)NC(Cc1cc(=O)[nH]c(N2CCOCC2)n1)c1ccc(F)cc1. The van der Waals surface area contributed by atoms with Gasteiger partial charge in [0.15, 0.2) is 0 Å². The number of hydrogen-bond donors (Lipinski definition) is 2. The fraction of sp³-hybridized carbons (Fsp3) is 0.476. The summed E-state index contributed by atoms with van der Waals surface area (Å²) in [4.78, 5) is 33.8. The van der Waals surface area contributed by atoms with Gasteiger partial charge in [0.25, 0.3) is 5.56 Å². The molecule has 0 saturated carbocycles. The molecular formula is C21H27FN4O4. The molecular weight excluding hydrogens is 391 g/mol. The molecule has 3 rings (SSSR count). The van der Waals surface area contributed by atoms with Crippen molar-refractivity contribution in [2.75, 3.05) is 31.2 Å². The highest BCUT2D eigenvalue weighted by Gasteiger charge is 2.22. The van der Waals surface area contributed by atoms with Gasteiger partial charge in [-0.15, -0.1) is 0 Å². The number of rotatable bonds is 5. The fourth-order valence-corrected chi connectivity index (χ4v) is 3.13. The molecule has 1 amide bonds. The summed E-state index contributed by atoms with van der Waals surface area (Å²) in [5.74, 6) is 0.0922. The van der Waals surface area contributed by atoms with Crippen LogP contribution in [0.4, 0.5) is 15.1 Å². The Labute approximate surface area is 174 Å². The second kappa shape index (κ2) is 9.25. The molecule has 1 atom stereocenters. The maximum Gasteiger partial charge on any atom is 0.408 e. The van der Waals surface area contributed by atoms with Gasteiger partial charge in [0.2, 0.25) is 5.95 Å². The summed E-state index contributed by atoms with van der Waals surface area (Å²) in [5.41, 5.74) is 0.239. The van der Waals surface area contributed by atoms with Crippen LogP contribution in [0.15, 0.2) is 35.1 Å². The van der Waals surface area contributed by atoms with E-state index in [2.05, 4.69) is 15.3 Å². The molecule has 1 aliphatic heterocycles. The molecule has 0 spiro atoms. The van der Waals surface area contributed by atoms with Crippen LogP contribution in [-0.2, 0) is 15.9 Å². The number of nitrogens with one attached hydrogen (secondary N) is 2. The second-order valence-electron chi connectivity index (χ2n) is 8.11. The van der Waals surface area contributed by atoms with Gasteiger partial charge in [0.1, 0.15) is 11.4 Å². The third kappa shape index (κ3) is 6.28. The van der Waals surface area contributed by atoms with Gasteiger partial charge in [0, 0.05) is 25.6 Å². The monoisotopic (exact) mass is 418 g/mol. The lowest BCUT2D eigenvalue weighted by Gasteiger charge is -2.27. The van der Waals surface area contributed by atoms with E-state index in [1.807, 2.05) is 4.90 Å². The maximum atomic E-state index is 13.4. The van der Waals surface area contributed by atoms with E-state index in [0.29, 0.717) is 43.5 Å². The minimum absolute atomic E-state index is 0.242. The third-order valence-corrected chi connectivity index (χ3v) is 4.47. The third-order valence-electron chi connectivity index (χ3n) is 4.47. The van der Waals surface area contributed by atoms with Crippen molar-refractivity contribution < 1.29 is 18.7 Å². The minimum atomic E-state index is -0.664. The quantitative estimate of drug-likeness (QED) is 0.775. The predicted octanol–water partition coefficient (Wildman–Crippen LogP) is 2.55. The average molecular weight is 418 g/mol. The summed E-state index contributed by atoms with van der Waals surface area (Å²) in [5, 5.41) is 2.81. The molecule has 1 saturated heterocycles. The van der Waals surface area contributed by atoms with Crippen LogP contribution in [0.3, 0.4) is 0 Å². The zero-order chi connectivity index (χ0) is 21.7. The number of carbonyl (C=O) groups is 1. The summed E-state index contributed by atoms with van der Waals surface area (Å²) in [6.45, 7) is 7.69. The Balaban J connectivity index is 1.84. The number of anilines is 1. The lowest BCUT2D eigenvalue weighted by atomic mass is 10.0. The molecule has 1 fully saturated rings. The van der Waals surface area contributed by atoms with Crippen LogP contribution >= 0.6 is 0 Å². The van der Waals surface area contributed by atoms with E-state index in [-0.39, 0.29) is 17.8 Å². The van der Waals surface area contributed by atoms with Gasteiger partial charge in [-0.3, -0.25) is 9.78 Å². The van der Waals surface area contributed by atoms with Crippen LogP contribution in [-0.4, -0.2) is 48.0 Å². The summed E-state index contributed by atoms with van der Waals surface area (Å²) < 4.78 is 24.1. The van der Waals surface area contributed by atoms with Crippen LogP contribution < -0.4 is 15.8 Å². The zero-order valence-electron chi connectivity index (χ0n) is 17.4. The lowest BCUT2D eigenvalue weighted by Crippen LogP contribution is -2.39. The summed E-state index contributed by atoms with van der Waals surface area (Å²) in [6, 6.07) is 6.68. The average Bonchev–Trinajstić information content (AvgIpc) is 2.67. The van der Waals surface area contributed by atoms with E-state index >= 15 is 0 Å². The molecule has 0 bridgehead atoms. The number of morpholine rings is 1.